The van der Waals surface area contributed by atoms with Gasteiger partial charge < -0.3 is 5.32 Å². The van der Waals surface area contributed by atoms with Crippen molar-refractivity contribution in [1.29, 1.82) is 0 Å². The lowest BCUT2D eigenvalue weighted by Crippen LogP contribution is -2.29. The number of nitrogens with one attached hydrogen (secondary N) is 1. The van der Waals surface area contributed by atoms with E-state index in [4.69, 9.17) is 0 Å². The lowest BCUT2D eigenvalue weighted by molar-refractivity contribution is 0.453. The maximum atomic E-state index is 4.63. The third kappa shape index (κ3) is 2.82. The van der Waals surface area contributed by atoms with Crippen LogP contribution in [0.1, 0.15) is 30.3 Å². The molecule has 1 fully saturated rings. The first-order valence-electron chi connectivity index (χ1n) is 6.94. The van der Waals surface area contributed by atoms with Gasteiger partial charge in [0.05, 0.1) is 5.69 Å². The van der Waals surface area contributed by atoms with E-state index in [1.54, 1.807) is 0 Å². The van der Waals surface area contributed by atoms with E-state index in [0.29, 0.717) is 5.92 Å². The zero-order chi connectivity index (χ0) is 13.1. The molecule has 3 heteroatoms. The monoisotopic (exact) mass is 253 g/mol. The number of aromatic nitrogens is 2. The van der Waals surface area contributed by atoms with Gasteiger partial charge in [0.1, 0.15) is 5.82 Å². The Bertz CT molecular complexity index is 545. The highest BCUT2D eigenvalue weighted by molar-refractivity contribution is 5.59. The van der Waals surface area contributed by atoms with E-state index in [1.165, 1.54) is 18.5 Å². The van der Waals surface area contributed by atoms with Crippen molar-refractivity contribution >= 4 is 0 Å². The Morgan fingerprint density at radius 2 is 2.00 bits per heavy atom. The largest absolute Gasteiger partial charge is 0.316 e. The van der Waals surface area contributed by atoms with Gasteiger partial charge in [0.25, 0.3) is 0 Å². The molecule has 1 aliphatic heterocycles. The normalized spacial score (nSPS) is 19.3. The van der Waals surface area contributed by atoms with Crippen LogP contribution in [0.4, 0.5) is 0 Å². The van der Waals surface area contributed by atoms with Crippen LogP contribution in [0.25, 0.3) is 11.3 Å². The van der Waals surface area contributed by atoms with Gasteiger partial charge in [-0.25, -0.2) is 9.97 Å². The lowest BCUT2D eigenvalue weighted by Gasteiger charge is -2.22. The molecule has 3 rings (SSSR count). The summed E-state index contributed by atoms with van der Waals surface area (Å²) in [6, 6.07) is 12.5. The molecule has 2 heterocycles. The molecule has 1 aromatic heterocycles. The fourth-order valence-corrected chi connectivity index (χ4v) is 2.66. The van der Waals surface area contributed by atoms with E-state index >= 15 is 0 Å². The van der Waals surface area contributed by atoms with Crippen LogP contribution in [0.15, 0.2) is 36.4 Å². The highest BCUT2D eigenvalue weighted by atomic mass is 14.9. The minimum Gasteiger partial charge on any atom is -0.316 e. The molecule has 1 N–H and O–H groups in total. The second-order valence-electron chi connectivity index (χ2n) is 5.13. The third-order valence-corrected chi connectivity index (χ3v) is 3.64. The van der Waals surface area contributed by atoms with Crippen LogP contribution in [0, 0.1) is 6.92 Å². The molecule has 2 aromatic rings. The van der Waals surface area contributed by atoms with Crippen LogP contribution < -0.4 is 5.32 Å². The predicted molar refractivity (Wildman–Crippen MR) is 77.0 cm³/mol. The molecule has 0 unspecified atom stereocenters. The summed E-state index contributed by atoms with van der Waals surface area (Å²) in [5, 5.41) is 3.45. The molecule has 19 heavy (non-hydrogen) atoms. The number of hydrogen-bond acceptors (Lipinski definition) is 3. The smallest absolute Gasteiger partial charge is 0.126 e. The minimum absolute atomic E-state index is 0.526. The number of nitrogens with zero attached hydrogens (tertiary/aromatic N) is 2. The Labute approximate surface area is 114 Å². The molecule has 1 saturated heterocycles. The number of aryl methyl sites for hydroxylation is 1. The Morgan fingerprint density at radius 1 is 1.16 bits per heavy atom. The number of rotatable bonds is 2. The van der Waals surface area contributed by atoms with E-state index in [0.717, 1.165) is 30.2 Å². The average Bonchev–Trinajstić information content (AvgIpc) is 2.48. The van der Waals surface area contributed by atoms with Crippen LogP contribution in [-0.2, 0) is 0 Å². The van der Waals surface area contributed by atoms with Crippen molar-refractivity contribution in [2.45, 2.75) is 25.7 Å². The fourth-order valence-electron chi connectivity index (χ4n) is 2.66. The average molecular weight is 253 g/mol. The van der Waals surface area contributed by atoms with E-state index in [9.17, 15) is 0 Å². The summed E-state index contributed by atoms with van der Waals surface area (Å²) in [5.41, 5.74) is 3.38. The maximum absolute atomic E-state index is 4.63. The SMILES string of the molecule is Cc1nc(-c2ccccc2)cc([C@H]2CCCNC2)n1. The van der Waals surface area contributed by atoms with Crippen LogP contribution in [0.3, 0.4) is 0 Å². The van der Waals surface area contributed by atoms with Gasteiger partial charge in [-0.1, -0.05) is 30.3 Å². The van der Waals surface area contributed by atoms with Gasteiger partial charge in [-0.2, -0.15) is 0 Å². The van der Waals surface area contributed by atoms with Crippen molar-refractivity contribution < 1.29 is 0 Å². The van der Waals surface area contributed by atoms with Gasteiger partial charge in [-0.05, 0) is 32.4 Å². The molecule has 0 bridgehead atoms. The van der Waals surface area contributed by atoms with Crippen LogP contribution in [-0.4, -0.2) is 23.1 Å². The van der Waals surface area contributed by atoms with E-state index in [2.05, 4.69) is 45.6 Å². The van der Waals surface area contributed by atoms with E-state index in [1.807, 2.05) is 13.0 Å². The Balaban J connectivity index is 1.96. The molecule has 1 atom stereocenters. The van der Waals surface area contributed by atoms with Gasteiger partial charge >= 0.3 is 0 Å². The number of hydrogen-bond donors (Lipinski definition) is 1. The van der Waals surface area contributed by atoms with Crippen molar-refractivity contribution in [1.82, 2.24) is 15.3 Å². The van der Waals surface area contributed by atoms with Crippen LogP contribution in [0.5, 0.6) is 0 Å². The molecule has 0 spiro atoms. The van der Waals surface area contributed by atoms with E-state index in [-0.39, 0.29) is 0 Å². The number of piperidine rings is 1. The minimum atomic E-state index is 0.526. The Morgan fingerprint density at radius 3 is 2.74 bits per heavy atom. The van der Waals surface area contributed by atoms with Crippen molar-refractivity contribution in [2.24, 2.45) is 0 Å². The summed E-state index contributed by atoms with van der Waals surface area (Å²) in [5.74, 6) is 1.39. The molecular weight excluding hydrogens is 234 g/mol. The topological polar surface area (TPSA) is 37.8 Å². The van der Waals surface area contributed by atoms with Gasteiger partial charge in [0.2, 0.25) is 0 Å². The third-order valence-electron chi connectivity index (χ3n) is 3.64. The second kappa shape index (κ2) is 5.49. The standard InChI is InChI=1S/C16H19N3/c1-12-18-15(13-6-3-2-4-7-13)10-16(19-12)14-8-5-9-17-11-14/h2-4,6-7,10,14,17H,5,8-9,11H2,1H3/t14-/m0/s1. The predicted octanol–water partition coefficient (Wildman–Crippen LogP) is 2.92. The van der Waals surface area contributed by atoms with Crippen molar-refractivity contribution in [3.63, 3.8) is 0 Å². The summed E-state index contributed by atoms with van der Waals surface area (Å²) in [6.45, 7) is 4.14. The van der Waals surface area contributed by atoms with Gasteiger partial charge in [-0.3, -0.25) is 0 Å². The van der Waals surface area contributed by atoms with Crippen LogP contribution in [0.2, 0.25) is 0 Å². The van der Waals surface area contributed by atoms with E-state index < -0.39 is 0 Å². The van der Waals surface area contributed by atoms with Crippen LogP contribution >= 0.6 is 0 Å². The van der Waals surface area contributed by atoms with Gasteiger partial charge in [0.15, 0.2) is 0 Å². The molecule has 0 saturated carbocycles. The van der Waals surface area contributed by atoms with Crippen molar-refractivity contribution in [2.75, 3.05) is 13.1 Å². The molecule has 0 amide bonds. The van der Waals surface area contributed by atoms with Gasteiger partial charge in [0, 0.05) is 23.7 Å². The molecule has 1 aromatic carbocycles. The summed E-state index contributed by atoms with van der Waals surface area (Å²) >= 11 is 0. The molecule has 98 valence electrons. The molecule has 0 aliphatic carbocycles. The highest BCUT2D eigenvalue weighted by Gasteiger charge is 2.17. The molecule has 0 radical (unpaired) electrons. The molecule has 1 aliphatic rings. The van der Waals surface area contributed by atoms with Crippen molar-refractivity contribution in [3.05, 3.63) is 47.9 Å². The molecule has 3 nitrogen and oxygen atoms in total. The lowest BCUT2D eigenvalue weighted by atomic mass is 9.95. The summed E-state index contributed by atoms with van der Waals surface area (Å²) in [4.78, 5) is 9.20. The van der Waals surface area contributed by atoms with Crippen molar-refractivity contribution in [3.8, 4) is 11.3 Å². The molecular formula is C16H19N3. The second-order valence-corrected chi connectivity index (χ2v) is 5.13. The zero-order valence-electron chi connectivity index (χ0n) is 11.3. The quantitative estimate of drug-likeness (QED) is 0.894. The Kier molecular flexibility index (Phi) is 3.56. The Hall–Kier alpha value is -1.74. The summed E-state index contributed by atoms with van der Waals surface area (Å²) in [6.07, 6.45) is 2.45. The summed E-state index contributed by atoms with van der Waals surface area (Å²) in [7, 11) is 0. The first-order valence-corrected chi connectivity index (χ1v) is 6.94. The maximum Gasteiger partial charge on any atom is 0.126 e. The highest BCUT2D eigenvalue weighted by Crippen LogP contribution is 2.25. The fraction of sp³-hybridized carbons (Fsp3) is 0.375. The summed E-state index contributed by atoms with van der Waals surface area (Å²) < 4.78 is 0. The first-order chi connectivity index (χ1) is 9.33. The number of benzene rings is 1. The van der Waals surface area contributed by atoms with Gasteiger partial charge in [-0.15, -0.1) is 0 Å². The first kappa shape index (κ1) is 12.3. The zero-order valence-corrected chi connectivity index (χ0v) is 11.3.